The lowest BCUT2D eigenvalue weighted by Gasteiger charge is -2.23. The second-order valence-electron chi connectivity index (χ2n) is 5.76. The first-order valence-electron chi connectivity index (χ1n) is 7.49. The third-order valence-corrected chi connectivity index (χ3v) is 4.33. The fraction of sp³-hybridized carbons (Fsp3) is 0.353. The van der Waals surface area contributed by atoms with Gasteiger partial charge in [0.05, 0.1) is 0 Å². The molecule has 3 aromatic rings. The predicted molar refractivity (Wildman–Crippen MR) is 82.9 cm³/mol. The first-order chi connectivity index (χ1) is 9.90. The van der Waals surface area contributed by atoms with Gasteiger partial charge in [0, 0.05) is 28.5 Å². The number of nitrogens with one attached hydrogen (secondary N) is 2. The van der Waals surface area contributed by atoms with E-state index in [2.05, 4.69) is 39.6 Å². The van der Waals surface area contributed by atoms with Crippen LogP contribution in [0.5, 0.6) is 0 Å². The summed E-state index contributed by atoms with van der Waals surface area (Å²) in [6, 6.07) is 11.5. The van der Waals surface area contributed by atoms with Crippen LogP contribution in [0.1, 0.15) is 24.8 Å². The Bertz CT molecular complexity index is 738. The maximum atomic E-state index is 4.40. The number of benzene rings is 1. The molecule has 1 aliphatic heterocycles. The lowest BCUT2D eigenvalue weighted by atomic mass is 9.97. The van der Waals surface area contributed by atoms with E-state index >= 15 is 0 Å². The molecule has 1 unspecified atom stereocenters. The average Bonchev–Trinajstić information content (AvgIpc) is 2.86. The van der Waals surface area contributed by atoms with Crippen molar-refractivity contribution in [3.63, 3.8) is 0 Å². The third-order valence-electron chi connectivity index (χ3n) is 4.33. The average molecular weight is 265 g/mol. The van der Waals surface area contributed by atoms with Crippen LogP contribution in [0.15, 0.2) is 36.5 Å². The van der Waals surface area contributed by atoms with E-state index in [1.807, 2.05) is 12.3 Å². The van der Waals surface area contributed by atoms with Gasteiger partial charge in [0.1, 0.15) is 5.65 Å². The van der Waals surface area contributed by atoms with Crippen LogP contribution in [-0.2, 0) is 6.42 Å². The number of piperidine rings is 1. The van der Waals surface area contributed by atoms with Crippen LogP contribution in [0.3, 0.4) is 0 Å². The van der Waals surface area contributed by atoms with Crippen LogP contribution in [-0.4, -0.2) is 22.6 Å². The Balaban J connectivity index is 1.71. The molecule has 1 atom stereocenters. The Morgan fingerprint density at radius 3 is 3.05 bits per heavy atom. The van der Waals surface area contributed by atoms with Crippen molar-refractivity contribution in [3.05, 3.63) is 42.1 Å². The molecule has 1 aliphatic rings. The summed E-state index contributed by atoms with van der Waals surface area (Å²) in [5.41, 5.74) is 3.58. The topological polar surface area (TPSA) is 40.7 Å². The van der Waals surface area contributed by atoms with Gasteiger partial charge in [-0.05, 0) is 55.6 Å². The summed E-state index contributed by atoms with van der Waals surface area (Å²) in [6.07, 6.45) is 6.95. The highest BCUT2D eigenvalue weighted by Gasteiger charge is 2.13. The Labute approximate surface area is 118 Å². The number of aromatic amines is 1. The monoisotopic (exact) mass is 265 g/mol. The second kappa shape index (κ2) is 4.91. The quantitative estimate of drug-likeness (QED) is 0.745. The molecule has 0 aliphatic carbocycles. The van der Waals surface area contributed by atoms with Crippen LogP contribution >= 0.6 is 0 Å². The van der Waals surface area contributed by atoms with Crippen LogP contribution < -0.4 is 5.32 Å². The Morgan fingerprint density at radius 1 is 1.15 bits per heavy atom. The lowest BCUT2D eigenvalue weighted by Crippen LogP contribution is -2.35. The normalized spacial score (nSPS) is 19.7. The summed E-state index contributed by atoms with van der Waals surface area (Å²) < 4.78 is 0. The molecule has 4 rings (SSSR count). The van der Waals surface area contributed by atoms with Crippen molar-refractivity contribution in [3.8, 4) is 0 Å². The zero-order chi connectivity index (χ0) is 13.4. The smallest absolute Gasteiger partial charge is 0.138 e. The largest absolute Gasteiger partial charge is 0.339 e. The van der Waals surface area contributed by atoms with Gasteiger partial charge < -0.3 is 10.3 Å². The van der Waals surface area contributed by atoms with Crippen molar-refractivity contribution in [1.29, 1.82) is 0 Å². The highest BCUT2D eigenvalue weighted by atomic mass is 14.9. The standard InChI is InChI=1S/C17H19N3/c1-2-8-18-13(4-1)10-12-6-7-16-15(11-12)14-5-3-9-19-17(14)20-16/h3,5-7,9,11,13,18H,1-2,4,8,10H2,(H,19,20). The van der Waals surface area contributed by atoms with Crippen LogP contribution in [0.2, 0.25) is 0 Å². The van der Waals surface area contributed by atoms with E-state index in [0.29, 0.717) is 6.04 Å². The van der Waals surface area contributed by atoms with Gasteiger partial charge >= 0.3 is 0 Å². The number of hydrogen-bond acceptors (Lipinski definition) is 2. The Hall–Kier alpha value is -1.87. The Morgan fingerprint density at radius 2 is 2.15 bits per heavy atom. The number of fused-ring (bicyclic) bond motifs is 3. The number of hydrogen-bond donors (Lipinski definition) is 2. The number of nitrogens with zero attached hydrogens (tertiary/aromatic N) is 1. The van der Waals surface area contributed by atoms with Gasteiger partial charge in [-0.2, -0.15) is 0 Å². The molecular weight excluding hydrogens is 246 g/mol. The van der Waals surface area contributed by atoms with E-state index in [9.17, 15) is 0 Å². The van der Waals surface area contributed by atoms with E-state index in [4.69, 9.17) is 0 Å². The van der Waals surface area contributed by atoms with Gasteiger partial charge in [0.25, 0.3) is 0 Å². The summed E-state index contributed by atoms with van der Waals surface area (Å²) >= 11 is 0. The van der Waals surface area contributed by atoms with E-state index < -0.39 is 0 Å². The highest BCUT2D eigenvalue weighted by Crippen LogP contribution is 2.25. The van der Waals surface area contributed by atoms with Gasteiger partial charge in [0.15, 0.2) is 0 Å². The molecule has 3 heterocycles. The molecule has 102 valence electrons. The minimum atomic E-state index is 0.643. The number of rotatable bonds is 2. The Kier molecular flexibility index (Phi) is 2.92. The maximum absolute atomic E-state index is 4.40. The molecule has 20 heavy (non-hydrogen) atoms. The molecule has 1 saturated heterocycles. The summed E-state index contributed by atoms with van der Waals surface area (Å²) in [5, 5.41) is 6.14. The number of aromatic nitrogens is 2. The molecule has 1 aromatic carbocycles. The highest BCUT2D eigenvalue weighted by molar-refractivity contribution is 6.05. The second-order valence-corrected chi connectivity index (χ2v) is 5.76. The van der Waals surface area contributed by atoms with Crippen molar-refractivity contribution < 1.29 is 0 Å². The van der Waals surface area contributed by atoms with E-state index in [1.54, 1.807) is 0 Å². The predicted octanol–water partition coefficient (Wildman–Crippen LogP) is 3.40. The molecule has 0 amide bonds. The molecule has 3 heteroatoms. The van der Waals surface area contributed by atoms with Crippen molar-refractivity contribution >= 4 is 21.9 Å². The van der Waals surface area contributed by atoms with E-state index in [-0.39, 0.29) is 0 Å². The molecule has 3 nitrogen and oxygen atoms in total. The van der Waals surface area contributed by atoms with Crippen LogP contribution in [0.4, 0.5) is 0 Å². The van der Waals surface area contributed by atoms with Gasteiger partial charge in [-0.25, -0.2) is 4.98 Å². The first-order valence-corrected chi connectivity index (χ1v) is 7.49. The van der Waals surface area contributed by atoms with Gasteiger partial charge in [-0.15, -0.1) is 0 Å². The van der Waals surface area contributed by atoms with Gasteiger partial charge in [-0.1, -0.05) is 12.5 Å². The van der Waals surface area contributed by atoms with Crippen molar-refractivity contribution in [2.24, 2.45) is 0 Å². The lowest BCUT2D eigenvalue weighted by molar-refractivity contribution is 0.399. The van der Waals surface area contributed by atoms with Crippen molar-refractivity contribution in [1.82, 2.24) is 15.3 Å². The molecule has 1 fully saturated rings. The van der Waals surface area contributed by atoms with E-state index in [0.717, 1.165) is 12.1 Å². The van der Waals surface area contributed by atoms with Gasteiger partial charge in [0.2, 0.25) is 0 Å². The minimum absolute atomic E-state index is 0.643. The van der Waals surface area contributed by atoms with E-state index in [1.165, 1.54) is 47.7 Å². The summed E-state index contributed by atoms with van der Waals surface area (Å²) in [6.45, 7) is 1.17. The summed E-state index contributed by atoms with van der Waals surface area (Å²) in [5.74, 6) is 0. The molecule has 0 bridgehead atoms. The first kappa shape index (κ1) is 11.9. The van der Waals surface area contributed by atoms with Crippen molar-refractivity contribution in [2.75, 3.05) is 6.54 Å². The summed E-state index contributed by atoms with van der Waals surface area (Å²) in [4.78, 5) is 7.78. The SMILES string of the molecule is c1cnc2[nH]c3ccc(CC4CCCCN4)cc3c2c1. The minimum Gasteiger partial charge on any atom is -0.339 e. The maximum Gasteiger partial charge on any atom is 0.138 e. The third kappa shape index (κ3) is 2.08. The fourth-order valence-electron chi connectivity index (χ4n) is 3.28. The zero-order valence-corrected chi connectivity index (χ0v) is 11.5. The molecular formula is C17H19N3. The van der Waals surface area contributed by atoms with Crippen LogP contribution in [0.25, 0.3) is 21.9 Å². The molecule has 0 saturated carbocycles. The summed E-state index contributed by atoms with van der Waals surface area (Å²) in [7, 11) is 0. The number of pyridine rings is 1. The van der Waals surface area contributed by atoms with Crippen molar-refractivity contribution in [2.45, 2.75) is 31.7 Å². The van der Waals surface area contributed by atoms with Gasteiger partial charge in [-0.3, -0.25) is 0 Å². The molecule has 2 N–H and O–H groups in total. The fourth-order valence-corrected chi connectivity index (χ4v) is 3.28. The number of H-pyrrole nitrogens is 1. The molecule has 0 radical (unpaired) electrons. The van der Waals surface area contributed by atoms with Crippen LogP contribution in [0, 0.1) is 0 Å². The molecule has 2 aromatic heterocycles. The zero-order valence-electron chi connectivity index (χ0n) is 11.5. The molecule has 0 spiro atoms.